The molecule has 14 heteroatoms. The molecule has 1 aliphatic carbocycles. The number of nitrogens with one attached hydrogen (secondary N) is 1. The van der Waals surface area contributed by atoms with Crippen LogP contribution in [0.25, 0.3) is 5.57 Å². The van der Waals surface area contributed by atoms with Crippen LogP contribution in [0.1, 0.15) is 57.1 Å². The largest absolute Gasteiger partial charge is 0.572 e. The van der Waals surface area contributed by atoms with E-state index in [9.17, 15) is 45.8 Å². The van der Waals surface area contributed by atoms with Crippen LogP contribution in [-0.2, 0) is 20.7 Å². The van der Waals surface area contributed by atoms with Gasteiger partial charge in [-0.2, -0.15) is 13.2 Å². The average molecular weight is 605 g/mol. The molecule has 1 aromatic rings. The minimum Gasteiger partial charge on any atom is -0.507 e. The number of allylic oxidation sites excluding steroid dienone is 5. The number of aldehydes is 1. The van der Waals surface area contributed by atoms with Gasteiger partial charge in [-0.3, -0.25) is 14.5 Å². The summed E-state index contributed by atoms with van der Waals surface area (Å²) in [5, 5.41) is 13.2. The van der Waals surface area contributed by atoms with Crippen molar-refractivity contribution < 1.29 is 55.3 Å². The molecule has 0 spiro atoms. The number of nitrogens with zero attached hydrogens (tertiary/aromatic N) is 1. The Labute approximate surface area is 237 Å². The van der Waals surface area contributed by atoms with Gasteiger partial charge in [-0.05, 0) is 62.5 Å². The Morgan fingerprint density at radius 3 is 2.40 bits per heavy atom. The number of phenols is 1. The van der Waals surface area contributed by atoms with Crippen LogP contribution in [-0.4, -0.2) is 59.5 Å². The van der Waals surface area contributed by atoms with Crippen molar-refractivity contribution in [1.29, 1.82) is 0 Å². The van der Waals surface area contributed by atoms with E-state index in [-0.39, 0.29) is 55.8 Å². The number of hydrogen-bond donors (Lipinski definition) is 2. The fourth-order valence-electron chi connectivity index (χ4n) is 4.81. The first kappa shape index (κ1) is 32.5. The van der Waals surface area contributed by atoms with Crippen molar-refractivity contribution in [1.82, 2.24) is 10.2 Å². The fraction of sp³-hybridized carbons (Fsp3) is 0.464. The highest BCUT2D eigenvalue weighted by Crippen LogP contribution is 2.42. The molecule has 3 rings (SSSR count). The number of halogens is 6. The van der Waals surface area contributed by atoms with E-state index in [0.29, 0.717) is 30.9 Å². The molecule has 0 radical (unpaired) electrons. The van der Waals surface area contributed by atoms with Gasteiger partial charge in [-0.25, -0.2) is 4.79 Å². The van der Waals surface area contributed by atoms with Crippen LogP contribution in [0.2, 0.25) is 0 Å². The normalized spacial score (nSPS) is 19.8. The number of hydrogen-bond acceptors (Lipinski definition) is 6. The average Bonchev–Trinajstić information content (AvgIpc) is 3.11. The van der Waals surface area contributed by atoms with Crippen LogP contribution in [0.15, 0.2) is 41.7 Å². The molecule has 0 bridgehead atoms. The third-order valence-corrected chi connectivity index (χ3v) is 6.88. The number of ether oxygens (including phenoxy) is 2. The Bertz CT molecular complexity index is 1300. The molecule has 1 atom stereocenters. The molecule has 1 heterocycles. The van der Waals surface area contributed by atoms with Crippen molar-refractivity contribution in [2.24, 2.45) is 0 Å². The van der Waals surface area contributed by atoms with E-state index >= 15 is 0 Å². The molecule has 2 N–H and O–H groups in total. The molecule has 3 amide bonds. The van der Waals surface area contributed by atoms with Crippen LogP contribution >= 0.6 is 0 Å². The highest BCUT2D eigenvalue weighted by Gasteiger charge is 2.50. The zero-order chi connectivity index (χ0) is 31.3. The molecule has 1 aliphatic heterocycles. The van der Waals surface area contributed by atoms with E-state index in [1.54, 1.807) is 6.92 Å². The Hall–Kier alpha value is -3.97. The van der Waals surface area contributed by atoms with Crippen LogP contribution in [0.4, 0.5) is 31.1 Å². The number of phenolic OH excluding ortho intramolecular Hbond substituents is 1. The lowest BCUT2D eigenvalue weighted by Gasteiger charge is -2.27. The number of aromatic hydroxyl groups is 1. The molecular weight excluding hydrogens is 574 g/mol. The van der Waals surface area contributed by atoms with E-state index in [4.69, 9.17) is 4.74 Å². The smallest absolute Gasteiger partial charge is 0.507 e. The van der Waals surface area contributed by atoms with Crippen molar-refractivity contribution in [3.63, 3.8) is 0 Å². The molecule has 1 fully saturated rings. The lowest BCUT2D eigenvalue weighted by Crippen LogP contribution is -2.46. The first-order chi connectivity index (χ1) is 19.6. The Morgan fingerprint density at radius 2 is 1.83 bits per heavy atom. The SMILES string of the molecule is CCCc1c(OCCCCN2C(=O)NC(C)(C3=CC=C(OC(F)(F)F)CC3)C2=O)ccc(/C(=C\C=O)C(F)(F)F)c1O. The molecular formula is C28H30F6N2O6. The number of benzene rings is 1. The lowest BCUT2D eigenvalue weighted by molar-refractivity contribution is -0.306. The van der Waals surface area contributed by atoms with Gasteiger partial charge in [-0.1, -0.05) is 19.4 Å². The van der Waals surface area contributed by atoms with Crippen LogP contribution < -0.4 is 10.1 Å². The van der Waals surface area contributed by atoms with Gasteiger partial charge < -0.3 is 19.9 Å². The number of rotatable bonds is 12. The van der Waals surface area contributed by atoms with Gasteiger partial charge in [0.25, 0.3) is 5.91 Å². The van der Waals surface area contributed by atoms with Gasteiger partial charge >= 0.3 is 18.6 Å². The maximum absolute atomic E-state index is 13.4. The van der Waals surface area contributed by atoms with E-state index < -0.39 is 46.9 Å². The zero-order valence-electron chi connectivity index (χ0n) is 22.8. The van der Waals surface area contributed by atoms with Crippen LogP contribution in [0, 0.1) is 0 Å². The predicted octanol–water partition coefficient (Wildman–Crippen LogP) is 6.10. The highest BCUT2D eigenvalue weighted by molar-refractivity contribution is 6.08. The molecule has 1 saturated heterocycles. The minimum absolute atomic E-state index is 0.00729. The van der Waals surface area contributed by atoms with Crippen molar-refractivity contribution in [3.05, 3.63) is 52.8 Å². The fourth-order valence-corrected chi connectivity index (χ4v) is 4.81. The monoisotopic (exact) mass is 604 g/mol. The van der Waals surface area contributed by atoms with Gasteiger partial charge in [0, 0.05) is 24.1 Å². The van der Waals surface area contributed by atoms with Gasteiger partial charge in [0.15, 0.2) is 0 Å². The van der Waals surface area contributed by atoms with Gasteiger partial charge in [0.2, 0.25) is 0 Å². The number of carbonyl (C=O) groups excluding carboxylic acids is 3. The second-order valence-electron chi connectivity index (χ2n) is 9.84. The summed E-state index contributed by atoms with van der Waals surface area (Å²) in [5.41, 5.74) is -2.66. The highest BCUT2D eigenvalue weighted by atomic mass is 19.4. The number of unbranched alkanes of at least 4 members (excludes halogenated alkanes) is 1. The molecule has 0 aromatic heterocycles. The van der Waals surface area contributed by atoms with E-state index in [1.807, 2.05) is 0 Å². The van der Waals surface area contributed by atoms with Crippen molar-refractivity contribution in [3.8, 4) is 11.5 Å². The molecule has 1 unspecified atom stereocenters. The Kier molecular flexibility index (Phi) is 10.0. The summed E-state index contributed by atoms with van der Waals surface area (Å²) in [6, 6.07) is 1.65. The summed E-state index contributed by atoms with van der Waals surface area (Å²) >= 11 is 0. The van der Waals surface area contributed by atoms with Gasteiger partial charge in [0.1, 0.15) is 29.1 Å². The summed E-state index contributed by atoms with van der Waals surface area (Å²) < 4.78 is 87.2. The van der Waals surface area contributed by atoms with Gasteiger partial charge in [-0.15, -0.1) is 13.2 Å². The van der Waals surface area contributed by atoms with E-state index in [2.05, 4.69) is 10.1 Å². The van der Waals surface area contributed by atoms with Crippen molar-refractivity contribution >= 4 is 23.8 Å². The molecule has 0 saturated carbocycles. The van der Waals surface area contributed by atoms with E-state index in [0.717, 1.165) is 17.0 Å². The molecule has 42 heavy (non-hydrogen) atoms. The Balaban J connectivity index is 1.61. The third-order valence-electron chi connectivity index (χ3n) is 6.88. The van der Waals surface area contributed by atoms with Crippen LogP contribution in [0.5, 0.6) is 11.5 Å². The maximum Gasteiger partial charge on any atom is 0.572 e. The predicted molar refractivity (Wildman–Crippen MR) is 138 cm³/mol. The number of imide groups is 1. The summed E-state index contributed by atoms with van der Waals surface area (Å²) in [7, 11) is 0. The number of amides is 3. The van der Waals surface area contributed by atoms with Crippen LogP contribution in [0.3, 0.4) is 0 Å². The summed E-state index contributed by atoms with van der Waals surface area (Å²) in [6.07, 6.45) is -5.58. The molecule has 2 aliphatic rings. The van der Waals surface area contributed by atoms with Crippen molar-refractivity contribution in [2.45, 2.75) is 70.4 Å². The third kappa shape index (κ3) is 7.45. The number of urea groups is 1. The number of alkyl halides is 6. The molecule has 1 aromatic carbocycles. The van der Waals surface area contributed by atoms with Crippen molar-refractivity contribution in [2.75, 3.05) is 13.2 Å². The van der Waals surface area contributed by atoms with Gasteiger partial charge in [0.05, 0.1) is 12.2 Å². The minimum atomic E-state index is -4.87. The zero-order valence-corrected chi connectivity index (χ0v) is 22.8. The summed E-state index contributed by atoms with van der Waals surface area (Å²) in [5.74, 6) is -1.32. The maximum atomic E-state index is 13.4. The second-order valence-corrected chi connectivity index (χ2v) is 9.84. The lowest BCUT2D eigenvalue weighted by atomic mass is 9.85. The first-order valence-electron chi connectivity index (χ1n) is 13.1. The second kappa shape index (κ2) is 12.9. The summed E-state index contributed by atoms with van der Waals surface area (Å²) in [4.78, 5) is 37.4. The standard InChI is InChI=1S/C28H30F6N2O6/c1-3-6-20-22(12-11-19(23(20)38)21(13-15-37)27(29,30)31)41-16-5-4-14-36-24(39)26(2,35-25(36)40)17-7-9-18(10-8-17)42-28(32,33)34/h7,9,11-13,15,38H,3-6,8,10,14,16H2,1-2H3,(H,35,40)/b21-13+. The summed E-state index contributed by atoms with van der Waals surface area (Å²) in [6.45, 7) is 3.32. The topological polar surface area (TPSA) is 105 Å². The Morgan fingerprint density at radius 1 is 1.12 bits per heavy atom. The quantitative estimate of drug-likeness (QED) is 0.0983. The molecule has 8 nitrogen and oxygen atoms in total. The first-order valence-corrected chi connectivity index (χ1v) is 13.1. The van der Waals surface area contributed by atoms with E-state index in [1.165, 1.54) is 19.1 Å². The number of carbonyl (C=O) groups is 3. The molecule has 230 valence electrons.